The SMILES string of the molecule is O=C(O[C@@H]1[C@@H](OC[C@H]2O[C@H](O)[C@@H](O)[C@@H](OCc3ccccc3)[C@@H]2OCc2ccccc2)O[C@H](COCc2ccccc2)[C@@H](OCc2ccccc2)[C@@H]1OCc1ccccc1)c1ccccc1. The lowest BCUT2D eigenvalue weighted by Gasteiger charge is -2.46. The summed E-state index contributed by atoms with van der Waals surface area (Å²) in [6.07, 6.45) is -11.2. The highest BCUT2D eigenvalue weighted by atomic mass is 16.7. The fourth-order valence-corrected chi connectivity index (χ4v) is 7.99. The van der Waals surface area contributed by atoms with Crippen LogP contribution in [0.25, 0.3) is 0 Å². The van der Waals surface area contributed by atoms with E-state index in [9.17, 15) is 15.0 Å². The lowest BCUT2D eigenvalue weighted by atomic mass is 9.97. The number of hydrogen-bond donors (Lipinski definition) is 2. The molecule has 0 bridgehead atoms. The van der Waals surface area contributed by atoms with Crippen molar-refractivity contribution < 1.29 is 57.6 Å². The Labute approximate surface area is 385 Å². The fourth-order valence-electron chi connectivity index (χ4n) is 7.99. The molecule has 2 heterocycles. The number of benzene rings is 6. The standard InChI is InChI=1S/C54H56O12/c55-46-49(61-34-41-25-13-4-14-26-41)47(59-32-39-21-9-2-10-22-39)45(64-53(46)57)37-63-54-51(66-52(56)43-29-17-6-18-30-43)50(62-35-42-27-15-5-16-28-42)48(60-33-40-23-11-3-12-24-40)44(65-54)36-58-31-38-19-7-1-8-20-38/h1-30,44-51,53-55,57H,31-37H2/t44-,45-,46+,47-,48-,49-,50+,51+,53+,54+/m1/s1. The van der Waals surface area contributed by atoms with E-state index in [1.807, 2.05) is 158 Å². The van der Waals surface area contributed by atoms with Gasteiger partial charge in [0.1, 0.15) is 42.7 Å². The Balaban J connectivity index is 1.12. The molecule has 12 nitrogen and oxygen atoms in total. The summed E-state index contributed by atoms with van der Waals surface area (Å²) in [5.41, 5.74) is 4.83. The zero-order chi connectivity index (χ0) is 45.3. The second kappa shape index (κ2) is 24.2. The van der Waals surface area contributed by atoms with Gasteiger partial charge in [-0.2, -0.15) is 0 Å². The zero-order valence-corrected chi connectivity index (χ0v) is 36.5. The minimum absolute atomic E-state index is 0.0573. The van der Waals surface area contributed by atoms with E-state index in [-0.39, 0.29) is 39.6 Å². The first-order valence-electron chi connectivity index (χ1n) is 22.3. The van der Waals surface area contributed by atoms with E-state index in [0.717, 1.165) is 27.8 Å². The van der Waals surface area contributed by atoms with E-state index >= 15 is 0 Å². The van der Waals surface area contributed by atoms with Crippen LogP contribution < -0.4 is 0 Å². The van der Waals surface area contributed by atoms with Crippen LogP contribution in [0.4, 0.5) is 0 Å². The molecule has 0 radical (unpaired) electrons. The summed E-state index contributed by atoms with van der Waals surface area (Å²) in [5, 5.41) is 22.5. The number of esters is 1. The van der Waals surface area contributed by atoms with Crippen LogP contribution in [-0.2, 0) is 75.7 Å². The topological polar surface area (TPSA) is 141 Å². The van der Waals surface area contributed by atoms with Gasteiger partial charge in [0.05, 0.1) is 51.8 Å². The van der Waals surface area contributed by atoms with Gasteiger partial charge in [-0.1, -0.05) is 170 Å². The Kier molecular flexibility index (Phi) is 17.2. The van der Waals surface area contributed by atoms with Crippen molar-refractivity contribution in [2.75, 3.05) is 13.2 Å². The third kappa shape index (κ3) is 13.1. The van der Waals surface area contributed by atoms with Crippen LogP contribution in [0.2, 0.25) is 0 Å². The molecule has 0 aromatic heterocycles. The zero-order valence-electron chi connectivity index (χ0n) is 36.5. The number of aliphatic hydroxyl groups excluding tert-OH is 2. The van der Waals surface area contributed by atoms with Gasteiger partial charge in [-0.15, -0.1) is 0 Å². The Morgan fingerprint density at radius 1 is 0.409 bits per heavy atom. The maximum absolute atomic E-state index is 14.1. The number of aliphatic hydroxyl groups is 2. The average Bonchev–Trinajstić information content (AvgIpc) is 3.37. The van der Waals surface area contributed by atoms with Crippen LogP contribution in [0.15, 0.2) is 182 Å². The first kappa shape index (κ1) is 46.9. The molecular formula is C54H56O12. The third-order valence-electron chi connectivity index (χ3n) is 11.4. The van der Waals surface area contributed by atoms with E-state index in [1.165, 1.54) is 0 Å². The highest BCUT2D eigenvalue weighted by Crippen LogP contribution is 2.34. The molecular weight excluding hydrogens is 841 g/mol. The Hall–Kier alpha value is -5.61. The number of ether oxygens (including phenoxy) is 9. The predicted molar refractivity (Wildman–Crippen MR) is 243 cm³/mol. The quantitative estimate of drug-likeness (QED) is 0.0689. The molecule has 6 aromatic rings. The second-order valence-corrected chi connectivity index (χ2v) is 16.2. The molecule has 10 atom stereocenters. The minimum Gasteiger partial charge on any atom is -0.450 e. The maximum Gasteiger partial charge on any atom is 0.338 e. The molecule has 0 unspecified atom stereocenters. The van der Waals surface area contributed by atoms with Crippen molar-refractivity contribution in [2.45, 2.75) is 94.4 Å². The van der Waals surface area contributed by atoms with Crippen molar-refractivity contribution in [3.05, 3.63) is 215 Å². The molecule has 344 valence electrons. The van der Waals surface area contributed by atoms with Crippen LogP contribution in [-0.4, -0.2) is 90.8 Å². The highest BCUT2D eigenvalue weighted by molar-refractivity contribution is 5.89. The van der Waals surface area contributed by atoms with Crippen molar-refractivity contribution in [2.24, 2.45) is 0 Å². The van der Waals surface area contributed by atoms with Crippen molar-refractivity contribution in [3.63, 3.8) is 0 Å². The second-order valence-electron chi connectivity index (χ2n) is 16.2. The van der Waals surface area contributed by atoms with Crippen LogP contribution in [0.5, 0.6) is 0 Å². The average molecular weight is 897 g/mol. The largest absolute Gasteiger partial charge is 0.450 e. The predicted octanol–water partition coefficient (Wildman–Crippen LogP) is 7.59. The highest BCUT2D eigenvalue weighted by Gasteiger charge is 2.52. The lowest BCUT2D eigenvalue weighted by molar-refractivity contribution is -0.340. The number of carbonyl (C=O) groups excluding carboxylic acids is 1. The Morgan fingerprint density at radius 3 is 1.26 bits per heavy atom. The van der Waals surface area contributed by atoms with Crippen LogP contribution in [0.3, 0.4) is 0 Å². The van der Waals surface area contributed by atoms with E-state index in [0.29, 0.717) is 12.2 Å². The van der Waals surface area contributed by atoms with Gasteiger partial charge in [0.25, 0.3) is 0 Å². The van der Waals surface area contributed by atoms with Gasteiger partial charge in [-0.3, -0.25) is 0 Å². The molecule has 66 heavy (non-hydrogen) atoms. The van der Waals surface area contributed by atoms with Crippen molar-refractivity contribution >= 4 is 5.97 Å². The Morgan fingerprint density at radius 2 is 0.788 bits per heavy atom. The van der Waals surface area contributed by atoms with Gasteiger partial charge in [0, 0.05) is 0 Å². The first-order chi connectivity index (χ1) is 32.5. The van der Waals surface area contributed by atoms with E-state index in [2.05, 4.69) is 0 Å². The normalized spacial score (nSPS) is 25.2. The molecule has 2 aliphatic rings. The fraction of sp³-hybridized carbons (Fsp3) is 0.315. The molecule has 2 saturated heterocycles. The molecule has 0 amide bonds. The minimum atomic E-state index is -1.65. The van der Waals surface area contributed by atoms with Gasteiger partial charge >= 0.3 is 5.97 Å². The summed E-state index contributed by atoms with van der Waals surface area (Å²) in [7, 11) is 0. The van der Waals surface area contributed by atoms with E-state index in [1.54, 1.807) is 24.3 Å². The molecule has 0 saturated carbocycles. The van der Waals surface area contributed by atoms with Gasteiger partial charge in [0.2, 0.25) is 0 Å². The van der Waals surface area contributed by atoms with Crippen molar-refractivity contribution in [1.29, 1.82) is 0 Å². The summed E-state index contributed by atoms with van der Waals surface area (Å²) >= 11 is 0. The lowest BCUT2D eigenvalue weighted by Crippen LogP contribution is -2.63. The molecule has 8 rings (SSSR count). The molecule has 0 aliphatic carbocycles. The smallest absolute Gasteiger partial charge is 0.338 e. The van der Waals surface area contributed by atoms with Crippen LogP contribution in [0.1, 0.15) is 38.2 Å². The van der Waals surface area contributed by atoms with Gasteiger partial charge < -0.3 is 52.8 Å². The Bertz CT molecular complexity index is 2290. The summed E-state index contributed by atoms with van der Waals surface area (Å²) < 4.78 is 58.7. The van der Waals surface area contributed by atoms with Crippen LogP contribution >= 0.6 is 0 Å². The summed E-state index contributed by atoms with van der Waals surface area (Å²) in [6.45, 7) is 0.715. The molecule has 2 N–H and O–H groups in total. The number of carbonyl (C=O) groups is 1. The maximum atomic E-state index is 14.1. The van der Waals surface area contributed by atoms with Gasteiger partial charge in [-0.05, 0) is 39.9 Å². The third-order valence-corrected chi connectivity index (χ3v) is 11.4. The van der Waals surface area contributed by atoms with Crippen molar-refractivity contribution in [1.82, 2.24) is 0 Å². The summed E-state index contributed by atoms with van der Waals surface area (Å²) in [5.74, 6) is -0.627. The number of rotatable bonds is 21. The molecule has 0 spiro atoms. The number of hydrogen-bond acceptors (Lipinski definition) is 12. The van der Waals surface area contributed by atoms with E-state index in [4.69, 9.17) is 42.6 Å². The molecule has 6 aromatic carbocycles. The summed E-state index contributed by atoms with van der Waals surface area (Å²) in [4.78, 5) is 14.1. The van der Waals surface area contributed by atoms with Gasteiger partial charge in [0.15, 0.2) is 18.7 Å². The summed E-state index contributed by atoms with van der Waals surface area (Å²) in [6, 6.07) is 56.9. The molecule has 2 aliphatic heterocycles. The van der Waals surface area contributed by atoms with Crippen LogP contribution in [0, 0.1) is 0 Å². The molecule has 2 fully saturated rings. The first-order valence-corrected chi connectivity index (χ1v) is 22.3. The van der Waals surface area contributed by atoms with Crippen molar-refractivity contribution in [3.8, 4) is 0 Å². The molecule has 12 heteroatoms. The monoisotopic (exact) mass is 896 g/mol. The van der Waals surface area contributed by atoms with E-state index < -0.39 is 67.4 Å². The van der Waals surface area contributed by atoms with Gasteiger partial charge in [-0.25, -0.2) is 4.79 Å².